The first-order valence-corrected chi connectivity index (χ1v) is 0. The zero-order valence-corrected chi connectivity index (χ0v) is 23.1. The normalized spacial score (nSPS) is 0. The topological polar surface area (TPSA) is 600 Å². The molecule has 0 rings (SSSR count). The summed E-state index contributed by atoms with van der Waals surface area (Å²) >= 11 is 0. The molecular weight excluding hydrogens is 755 g/mol. The summed E-state index contributed by atoms with van der Waals surface area (Å²) in [5.41, 5.74) is 0. The molecule has 0 spiro atoms. The van der Waals surface area contributed by atoms with E-state index in [0.717, 1.165) is 0 Å². The molecular formula is H20AlCoCuFeMnNiO20VZn. The molecule has 0 aliphatic heterocycles. The van der Waals surface area contributed by atoms with Crippen LogP contribution in [0.3, 0.4) is 0 Å². The van der Waals surface area contributed by atoms with Gasteiger partial charge in [-0.1, -0.05) is 0 Å². The zero-order valence-electron chi connectivity index (χ0n) is 12.4. The first-order chi connectivity index (χ1) is 0. The third-order valence-electron chi connectivity index (χ3n) is 0. The fourth-order valence-electron chi connectivity index (χ4n) is 0. The SMILES string of the molecule is [Al+3].[Co+2].[Cu+2].[Fe+2].[Mn+2].[Ni+2].[OH-].[OH-].[OH-].[OH-].[OH-].[OH-].[OH-].[OH-].[OH-].[OH-].[OH-].[OH-].[OH-].[OH-].[OH-].[OH-].[OH-].[OH-].[OH-].[OH-].[V+5].[Zn+2]. The first-order valence-electron chi connectivity index (χ1n) is 0. The molecule has 0 saturated heterocycles. The third-order valence-corrected chi connectivity index (χ3v) is 0. The van der Waals surface area contributed by atoms with Crippen LogP contribution in [-0.4, -0.2) is 127 Å². The van der Waals surface area contributed by atoms with Crippen LogP contribution < -0.4 is 0 Å². The molecule has 28 heavy (non-hydrogen) atoms. The average molecular weight is 775 g/mol. The van der Waals surface area contributed by atoms with E-state index in [-0.39, 0.29) is 249 Å². The number of rotatable bonds is 0. The van der Waals surface area contributed by atoms with Crippen LogP contribution in [0.5, 0.6) is 0 Å². The molecule has 0 aliphatic rings. The summed E-state index contributed by atoms with van der Waals surface area (Å²) in [7, 11) is 0. The maximum Gasteiger partial charge on any atom is 5.00 e. The second-order valence-electron chi connectivity index (χ2n) is 0. The molecule has 195 valence electrons. The second kappa shape index (κ2) is 2170. The van der Waals surface area contributed by atoms with E-state index in [1.165, 1.54) is 0 Å². The van der Waals surface area contributed by atoms with E-state index in [1.54, 1.807) is 0 Å². The minimum Gasteiger partial charge on any atom is -0.870 e. The van der Waals surface area contributed by atoms with Crippen molar-refractivity contribution in [2.24, 2.45) is 0 Å². The van der Waals surface area contributed by atoms with E-state index >= 15 is 0 Å². The van der Waals surface area contributed by atoms with Gasteiger partial charge in [-0.15, -0.1) is 0 Å². The van der Waals surface area contributed by atoms with E-state index in [4.69, 9.17) is 0 Å². The van der Waals surface area contributed by atoms with Crippen molar-refractivity contribution in [3.05, 3.63) is 0 Å². The van der Waals surface area contributed by atoms with Crippen LogP contribution in [-0.2, 0) is 123 Å². The van der Waals surface area contributed by atoms with Crippen LogP contribution in [0.15, 0.2) is 0 Å². The third kappa shape index (κ3) is 1960. The molecule has 28 heteroatoms. The minimum atomic E-state index is 0. The summed E-state index contributed by atoms with van der Waals surface area (Å²) in [5, 5.41) is 0. The van der Waals surface area contributed by atoms with Crippen LogP contribution in [0.4, 0.5) is 0 Å². The first kappa shape index (κ1) is 2390. The van der Waals surface area contributed by atoms with Gasteiger partial charge in [-0.05, 0) is 0 Å². The fourth-order valence-corrected chi connectivity index (χ4v) is 0. The monoisotopic (exact) mass is 773 g/mol. The Bertz CT molecular complexity index is 48.2. The number of hydrogen-bond donors (Lipinski definition) is 0. The maximum absolute atomic E-state index is 0. The average Bonchev–Trinajstić information content (AvgIpc) is 0. The summed E-state index contributed by atoms with van der Waals surface area (Å²) in [6.45, 7) is 0. The Balaban J connectivity index is 0. The van der Waals surface area contributed by atoms with Gasteiger partial charge in [-0.3, -0.25) is 0 Å². The standard InChI is InChI=1S/Al.Co.Cu.Fe.Mn.Ni.20H2O.V.Zn/h;;;;;;20*1H2;;/q+3;5*+2;;;;;;;;;;;;;;;;;;;;;+5;+2/p-20. The Labute approximate surface area is 247 Å². The molecule has 0 bridgehead atoms. The van der Waals surface area contributed by atoms with E-state index in [2.05, 4.69) is 0 Å². The predicted molar refractivity (Wildman–Crippen MR) is 44.5 cm³/mol. The molecule has 0 unspecified atom stereocenters. The van der Waals surface area contributed by atoms with Crippen LogP contribution in [0.1, 0.15) is 0 Å². The van der Waals surface area contributed by atoms with Crippen molar-refractivity contribution in [1.82, 2.24) is 0 Å². The molecule has 0 aromatic rings. The van der Waals surface area contributed by atoms with Crippen molar-refractivity contribution >= 4 is 17.4 Å². The molecule has 3 radical (unpaired) electrons. The van der Waals surface area contributed by atoms with Crippen LogP contribution >= 0.6 is 0 Å². The molecule has 20 nitrogen and oxygen atoms in total. The van der Waals surface area contributed by atoms with Gasteiger partial charge in [0, 0.05) is 0 Å². The molecule has 0 aromatic carbocycles. The Hall–Kier alpha value is 3.50. The Morgan fingerprint density at radius 2 is 0.321 bits per heavy atom. The summed E-state index contributed by atoms with van der Waals surface area (Å²) in [6, 6.07) is 0. The van der Waals surface area contributed by atoms with Gasteiger partial charge in [-0.25, -0.2) is 0 Å². The van der Waals surface area contributed by atoms with Crippen LogP contribution in [0, 0.1) is 0 Å². The molecule has 0 heterocycles. The van der Waals surface area contributed by atoms with E-state index in [0.29, 0.717) is 0 Å². The Morgan fingerprint density at radius 3 is 0.321 bits per heavy atom. The summed E-state index contributed by atoms with van der Waals surface area (Å²) in [5.74, 6) is 0. The quantitative estimate of drug-likeness (QED) is 0.212. The zero-order chi connectivity index (χ0) is 0. The molecule has 0 fully saturated rings. The van der Waals surface area contributed by atoms with Crippen molar-refractivity contribution in [2.45, 2.75) is 0 Å². The predicted octanol–water partition coefficient (Wildman–Crippen LogP) is -3.93. The van der Waals surface area contributed by atoms with Gasteiger partial charge in [0.15, 0.2) is 0 Å². The molecule has 0 amide bonds. The van der Waals surface area contributed by atoms with Crippen molar-refractivity contribution in [3.63, 3.8) is 0 Å². The van der Waals surface area contributed by atoms with E-state index < -0.39 is 0 Å². The van der Waals surface area contributed by atoms with Gasteiger partial charge in [0.2, 0.25) is 0 Å². The van der Waals surface area contributed by atoms with Crippen molar-refractivity contribution in [2.75, 3.05) is 0 Å². The van der Waals surface area contributed by atoms with E-state index in [1.807, 2.05) is 0 Å². The van der Waals surface area contributed by atoms with Gasteiger partial charge in [-0.2, -0.15) is 0 Å². The fraction of sp³-hybridized carbons (Fsp3) is 0. The van der Waals surface area contributed by atoms with Gasteiger partial charge in [0.25, 0.3) is 0 Å². The van der Waals surface area contributed by atoms with Crippen molar-refractivity contribution in [1.29, 1.82) is 0 Å². The molecule has 20 N–H and O–H groups in total. The molecule has 0 saturated carbocycles. The Morgan fingerprint density at radius 1 is 0.321 bits per heavy atom. The summed E-state index contributed by atoms with van der Waals surface area (Å²) < 4.78 is 0. The van der Waals surface area contributed by atoms with Crippen LogP contribution in [0.2, 0.25) is 0 Å². The van der Waals surface area contributed by atoms with E-state index in [9.17, 15) is 0 Å². The molecule has 0 atom stereocenters. The largest absolute Gasteiger partial charge is 5.00 e. The summed E-state index contributed by atoms with van der Waals surface area (Å²) in [4.78, 5) is 0. The summed E-state index contributed by atoms with van der Waals surface area (Å²) in [6.07, 6.45) is 0. The Kier molecular flexibility index (Phi) is 185000. The molecule has 0 aromatic heterocycles. The second-order valence-corrected chi connectivity index (χ2v) is 0. The van der Waals surface area contributed by atoms with Crippen molar-refractivity contribution in [3.8, 4) is 0 Å². The van der Waals surface area contributed by atoms with Gasteiger partial charge >= 0.3 is 140 Å². The van der Waals surface area contributed by atoms with Gasteiger partial charge < -0.3 is 110 Å². The van der Waals surface area contributed by atoms with Gasteiger partial charge in [0.1, 0.15) is 0 Å². The van der Waals surface area contributed by atoms with Crippen molar-refractivity contribution < 1.29 is 232 Å². The minimum absolute atomic E-state index is 0. The smallest absolute Gasteiger partial charge is 0.870 e. The maximum atomic E-state index is 0. The molecule has 0 aliphatic carbocycles. The van der Waals surface area contributed by atoms with Gasteiger partial charge in [0.05, 0.1) is 0 Å². The van der Waals surface area contributed by atoms with Crippen LogP contribution in [0.25, 0.3) is 0 Å². The number of hydrogen-bond acceptors (Lipinski definition) is 20.